The van der Waals surface area contributed by atoms with Gasteiger partial charge in [0, 0.05) is 13.0 Å². The van der Waals surface area contributed by atoms with Gasteiger partial charge in [0.15, 0.2) is 0 Å². The van der Waals surface area contributed by atoms with Crippen LogP contribution in [0.25, 0.3) is 0 Å². The maximum absolute atomic E-state index is 11.7. The minimum atomic E-state index is 0.0828. The predicted molar refractivity (Wildman–Crippen MR) is 68.4 cm³/mol. The van der Waals surface area contributed by atoms with Gasteiger partial charge in [-0.2, -0.15) is 0 Å². The molecule has 2 fully saturated rings. The van der Waals surface area contributed by atoms with Crippen molar-refractivity contribution in [1.82, 2.24) is 10.6 Å². The molecule has 2 aliphatic rings. The molecule has 2 aliphatic heterocycles. The first-order chi connectivity index (χ1) is 8.84. The van der Waals surface area contributed by atoms with Crippen LogP contribution in [0.3, 0.4) is 0 Å². The minimum Gasteiger partial charge on any atom is -0.379 e. The standard InChI is InChI=1S/C13H24N2O3/c16-13(15-11-2-1-8-17-10-11)5-9-18-12-3-6-14-7-4-12/h11-12,14H,1-10H2,(H,15,16). The maximum Gasteiger partial charge on any atom is 0.222 e. The lowest BCUT2D eigenvalue weighted by Gasteiger charge is -2.24. The highest BCUT2D eigenvalue weighted by molar-refractivity contribution is 5.76. The van der Waals surface area contributed by atoms with E-state index in [1.54, 1.807) is 0 Å². The highest BCUT2D eigenvalue weighted by Gasteiger charge is 2.17. The molecule has 104 valence electrons. The van der Waals surface area contributed by atoms with Crippen LogP contribution in [0.5, 0.6) is 0 Å². The van der Waals surface area contributed by atoms with E-state index in [0.29, 0.717) is 25.7 Å². The molecule has 2 rings (SSSR count). The first kappa shape index (κ1) is 13.8. The summed E-state index contributed by atoms with van der Waals surface area (Å²) in [5.41, 5.74) is 0. The molecule has 1 atom stereocenters. The van der Waals surface area contributed by atoms with E-state index in [4.69, 9.17) is 9.47 Å². The van der Waals surface area contributed by atoms with Crippen molar-refractivity contribution in [1.29, 1.82) is 0 Å². The van der Waals surface area contributed by atoms with Gasteiger partial charge in [0.1, 0.15) is 0 Å². The van der Waals surface area contributed by atoms with E-state index in [9.17, 15) is 4.79 Å². The zero-order chi connectivity index (χ0) is 12.6. The summed E-state index contributed by atoms with van der Waals surface area (Å²) in [6.45, 7) is 4.06. The molecule has 0 aromatic rings. The van der Waals surface area contributed by atoms with Gasteiger partial charge in [0.2, 0.25) is 5.91 Å². The molecule has 0 aromatic carbocycles. The lowest BCUT2D eigenvalue weighted by molar-refractivity contribution is -0.124. The topological polar surface area (TPSA) is 59.6 Å². The third-order valence-corrected chi connectivity index (χ3v) is 3.49. The number of piperidine rings is 1. The first-order valence-electron chi connectivity index (χ1n) is 7.04. The molecule has 2 saturated heterocycles. The minimum absolute atomic E-state index is 0.0828. The van der Waals surface area contributed by atoms with Crippen LogP contribution in [-0.2, 0) is 14.3 Å². The summed E-state index contributed by atoms with van der Waals surface area (Å²) in [6, 6.07) is 0.199. The molecule has 2 N–H and O–H groups in total. The van der Waals surface area contributed by atoms with Crippen molar-refractivity contribution in [3.63, 3.8) is 0 Å². The molecule has 1 amide bonds. The number of carbonyl (C=O) groups is 1. The molecular formula is C13H24N2O3. The molecule has 0 aliphatic carbocycles. The summed E-state index contributed by atoms with van der Waals surface area (Å²) >= 11 is 0. The van der Waals surface area contributed by atoms with Gasteiger partial charge in [0.25, 0.3) is 0 Å². The van der Waals surface area contributed by atoms with Crippen LogP contribution < -0.4 is 10.6 Å². The normalized spacial score (nSPS) is 25.9. The summed E-state index contributed by atoms with van der Waals surface area (Å²) in [7, 11) is 0. The number of ether oxygens (including phenoxy) is 2. The van der Waals surface area contributed by atoms with Crippen molar-refractivity contribution in [2.45, 2.75) is 44.2 Å². The van der Waals surface area contributed by atoms with Crippen LogP contribution in [0.4, 0.5) is 0 Å². The van der Waals surface area contributed by atoms with Crippen LogP contribution in [0.1, 0.15) is 32.1 Å². The molecule has 0 bridgehead atoms. The van der Waals surface area contributed by atoms with Crippen molar-refractivity contribution in [2.24, 2.45) is 0 Å². The second-order valence-electron chi connectivity index (χ2n) is 5.05. The Hall–Kier alpha value is -0.650. The molecule has 2 heterocycles. The smallest absolute Gasteiger partial charge is 0.222 e. The van der Waals surface area contributed by atoms with Crippen molar-refractivity contribution in [3.8, 4) is 0 Å². The van der Waals surface area contributed by atoms with Gasteiger partial charge in [-0.3, -0.25) is 4.79 Å². The Labute approximate surface area is 109 Å². The average molecular weight is 256 g/mol. The third-order valence-electron chi connectivity index (χ3n) is 3.49. The van der Waals surface area contributed by atoms with Crippen LogP contribution >= 0.6 is 0 Å². The zero-order valence-electron chi connectivity index (χ0n) is 11.0. The summed E-state index contributed by atoms with van der Waals surface area (Å²) in [4.78, 5) is 11.7. The number of hydrogen-bond acceptors (Lipinski definition) is 4. The first-order valence-corrected chi connectivity index (χ1v) is 7.04. The molecular weight excluding hydrogens is 232 g/mol. The molecule has 5 nitrogen and oxygen atoms in total. The van der Waals surface area contributed by atoms with E-state index < -0.39 is 0 Å². The van der Waals surface area contributed by atoms with E-state index in [1.807, 2.05) is 0 Å². The van der Waals surface area contributed by atoms with E-state index in [1.165, 1.54) is 0 Å². The Morgan fingerprint density at radius 3 is 2.89 bits per heavy atom. The monoisotopic (exact) mass is 256 g/mol. The van der Waals surface area contributed by atoms with E-state index >= 15 is 0 Å². The number of nitrogens with one attached hydrogen (secondary N) is 2. The summed E-state index contributed by atoms with van der Waals surface area (Å²) in [5.74, 6) is 0.0828. The van der Waals surface area contributed by atoms with Gasteiger partial charge < -0.3 is 20.1 Å². The van der Waals surface area contributed by atoms with Gasteiger partial charge in [0.05, 0.1) is 25.4 Å². The molecule has 5 heteroatoms. The fourth-order valence-corrected chi connectivity index (χ4v) is 2.43. The van der Waals surface area contributed by atoms with Crippen LogP contribution in [0, 0.1) is 0 Å². The molecule has 0 radical (unpaired) electrons. The molecule has 1 unspecified atom stereocenters. The Morgan fingerprint density at radius 2 is 2.17 bits per heavy atom. The lowest BCUT2D eigenvalue weighted by atomic mass is 10.1. The summed E-state index contributed by atoms with van der Waals surface area (Å²) < 4.78 is 11.0. The summed E-state index contributed by atoms with van der Waals surface area (Å²) in [6.07, 6.45) is 4.96. The Balaban J connectivity index is 1.53. The largest absolute Gasteiger partial charge is 0.379 e. The highest BCUT2D eigenvalue weighted by Crippen LogP contribution is 2.08. The quantitative estimate of drug-likeness (QED) is 0.749. The van der Waals surface area contributed by atoms with Crippen molar-refractivity contribution >= 4 is 5.91 Å². The van der Waals surface area contributed by atoms with E-state index in [0.717, 1.165) is 45.4 Å². The second kappa shape index (κ2) is 7.71. The van der Waals surface area contributed by atoms with Gasteiger partial charge in [-0.05, 0) is 38.8 Å². The van der Waals surface area contributed by atoms with Gasteiger partial charge in [-0.1, -0.05) is 0 Å². The second-order valence-corrected chi connectivity index (χ2v) is 5.05. The van der Waals surface area contributed by atoms with E-state index in [-0.39, 0.29) is 11.9 Å². The number of carbonyl (C=O) groups excluding carboxylic acids is 1. The fourth-order valence-electron chi connectivity index (χ4n) is 2.43. The van der Waals surface area contributed by atoms with E-state index in [2.05, 4.69) is 10.6 Å². The fraction of sp³-hybridized carbons (Fsp3) is 0.923. The van der Waals surface area contributed by atoms with Crippen LogP contribution in [0.15, 0.2) is 0 Å². The van der Waals surface area contributed by atoms with Crippen molar-refractivity contribution in [2.75, 3.05) is 32.9 Å². The van der Waals surface area contributed by atoms with Crippen molar-refractivity contribution in [3.05, 3.63) is 0 Å². The molecule has 0 saturated carbocycles. The van der Waals surface area contributed by atoms with Crippen molar-refractivity contribution < 1.29 is 14.3 Å². The molecule has 0 aromatic heterocycles. The average Bonchev–Trinajstić information content (AvgIpc) is 2.41. The lowest BCUT2D eigenvalue weighted by Crippen LogP contribution is -2.41. The van der Waals surface area contributed by atoms with Crippen LogP contribution in [0.2, 0.25) is 0 Å². The number of hydrogen-bond donors (Lipinski definition) is 2. The Bertz CT molecular complexity index is 249. The van der Waals surface area contributed by atoms with Gasteiger partial charge >= 0.3 is 0 Å². The third kappa shape index (κ3) is 4.92. The van der Waals surface area contributed by atoms with Crippen LogP contribution in [-0.4, -0.2) is 51.0 Å². The Kier molecular flexibility index (Phi) is 5.90. The van der Waals surface area contributed by atoms with Gasteiger partial charge in [-0.15, -0.1) is 0 Å². The summed E-state index contributed by atoms with van der Waals surface area (Å²) in [5, 5.41) is 6.30. The number of amides is 1. The highest BCUT2D eigenvalue weighted by atomic mass is 16.5. The Morgan fingerprint density at radius 1 is 1.33 bits per heavy atom. The maximum atomic E-state index is 11.7. The number of rotatable bonds is 5. The molecule has 18 heavy (non-hydrogen) atoms. The zero-order valence-corrected chi connectivity index (χ0v) is 11.0. The SMILES string of the molecule is O=C(CCOC1CCNCC1)NC1CCCOC1. The predicted octanol–water partition coefficient (Wildman–Crippen LogP) is 0.440. The molecule has 0 spiro atoms. The van der Waals surface area contributed by atoms with Gasteiger partial charge in [-0.25, -0.2) is 0 Å².